The molecule has 0 bridgehead atoms. The molecule has 0 aromatic carbocycles. The smallest absolute Gasteiger partial charge is 0.247 e. The average Bonchev–Trinajstić information content (AvgIpc) is 2.39. The van der Waals surface area contributed by atoms with Crippen molar-refractivity contribution in [3.05, 3.63) is 31.5 Å². The maximum atomic E-state index is 12.2. The van der Waals surface area contributed by atoms with Crippen molar-refractivity contribution in [2.75, 3.05) is 0 Å². The fraction of sp³-hybridized carbons (Fsp3) is 0.769. The van der Waals surface area contributed by atoms with Crippen LogP contribution in [0.15, 0.2) is 14.4 Å². The molecule has 1 aromatic heterocycles. The molecule has 0 aliphatic heterocycles. The van der Waals surface area contributed by atoms with Gasteiger partial charge in [0.25, 0.3) is 0 Å². The second-order valence-corrected chi connectivity index (χ2v) is 4.60. The van der Waals surface area contributed by atoms with Gasteiger partial charge in [0.1, 0.15) is 0 Å². The Balaban J connectivity index is 3.43. The molecule has 0 atom stereocenters. The zero-order chi connectivity index (χ0) is 14.4. The van der Waals surface area contributed by atoms with Crippen LogP contribution < -0.4 is 17.1 Å². The third-order valence-electron chi connectivity index (χ3n) is 3.17. The molecular formula is C13H23N3O3. The molecule has 6 heteroatoms. The SMILES string of the molecule is CCCCn1c(=O)n(CC)c(=O)n(CCCC)c1=O. The fourth-order valence-corrected chi connectivity index (χ4v) is 1.97. The normalized spacial score (nSPS) is 10.9. The molecule has 108 valence electrons. The molecule has 0 saturated heterocycles. The maximum absolute atomic E-state index is 12.2. The number of hydrogen-bond donors (Lipinski definition) is 0. The lowest BCUT2D eigenvalue weighted by Gasteiger charge is -2.12. The van der Waals surface area contributed by atoms with Crippen molar-refractivity contribution in [1.82, 2.24) is 13.7 Å². The molecule has 0 aliphatic carbocycles. The van der Waals surface area contributed by atoms with Crippen LogP contribution in [0.25, 0.3) is 0 Å². The molecule has 1 aromatic rings. The lowest BCUT2D eigenvalue weighted by Crippen LogP contribution is -2.54. The van der Waals surface area contributed by atoms with Gasteiger partial charge in [0.15, 0.2) is 0 Å². The lowest BCUT2D eigenvalue weighted by molar-refractivity contribution is 0.436. The zero-order valence-corrected chi connectivity index (χ0v) is 12.0. The molecule has 0 N–H and O–H groups in total. The monoisotopic (exact) mass is 269 g/mol. The molecular weight excluding hydrogens is 246 g/mol. The predicted molar refractivity (Wildman–Crippen MR) is 74.7 cm³/mol. The van der Waals surface area contributed by atoms with Gasteiger partial charge in [-0.3, -0.25) is 0 Å². The van der Waals surface area contributed by atoms with Gasteiger partial charge in [-0.2, -0.15) is 0 Å². The van der Waals surface area contributed by atoms with Crippen LogP contribution in [0.4, 0.5) is 0 Å². The Morgan fingerprint density at radius 1 is 0.684 bits per heavy atom. The van der Waals surface area contributed by atoms with Crippen molar-refractivity contribution < 1.29 is 0 Å². The van der Waals surface area contributed by atoms with Gasteiger partial charge in [-0.05, 0) is 19.8 Å². The number of hydrogen-bond acceptors (Lipinski definition) is 3. The van der Waals surface area contributed by atoms with Crippen LogP contribution in [0.2, 0.25) is 0 Å². The summed E-state index contributed by atoms with van der Waals surface area (Å²) in [6.45, 7) is 6.77. The van der Waals surface area contributed by atoms with Gasteiger partial charge in [-0.15, -0.1) is 0 Å². The van der Waals surface area contributed by atoms with Crippen molar-refractivity contribution in [2.24, 2.45) is 0 Å². The number of unbranched alkanes of at least 4 members (excludes halogenated alkanes) is 2. The van der Waals surface area contributed by atoms with Crippen LogP contribution in [0.5, 0.6) is 0 Å². The van der Waals surface area contributed by atoms with E-state index in [1.165, 1.54) is 9.13 Å². The first-order valence-electron chi connectivity index (χ1n) is 7.02. The molecule has 0 spiro atoms. The van der Waals surface area contributed by atoms with E-state index in [0.717, 1.165) is 30.3 Å². The largest absolute Gasteiger partial charge is 0.336 e. The summed E-state index contributed by atoms with van der Waals surface area (Å²) in [6.07, 6.45) is 3.30. The quantitative estimate of drug-likeness (QED) is 0.735. The van der Waals surface area contributed by atoms with E-state index in [1.807, 2.05) is 13.8 Å². The molecule has 0 amide bonds. The third kappa shape index (κ3) is 3.24. The summed E-state index contributed by atoms with van der Waals surface area (Å²) < 4.78 is 3.50. The summed E-state index contributed by atoms with van der Waals surface area (Å²) in [5, 5.41) is 0. The molecule has 0 radical (unpaired) electrons. The highest BCUT2D eigenvalue weighted by Crippen LogP contribution is 1.90. The molecule has 1 rings (SSSR count). The molecule has 1 heterocycles. The van der Waals surface area contributed by atoms with E-state index in [9.17, 15) is 14.4 Å². The Morgan fingerprint density at radius 2 is 1.05 bits per heavy atom. The minimum absolute atomic E-state index is 0.288. The van der Waals surface area contributed by atoms with Crippen LogP contribution >= 0.6 is 0 Å². The van der Waals surface area contributed by atoms with E-state index in [2.05, 4.69) is 0 Å². The van der Waals surface area contributed by atoms with Crippen molar-refractivity contribution in [3.8, 4) is 0 Å². The molecule has 6 nitrogen and oxygen atoms in total. The number of rotatable bonds is 7. The van der Waals surface area contributed by atoms with Crippen LogP contribution in [-0.4, -0.2) is 13.7 Å². The van der Waals surface area contributed by atoms with Crippen LogP contribution in [0, 0.1) is 0 Å². The van der Waals surface area contributed by atoms with Gasteiger partial charge in [0.05, 0.1) is 0 Å². The second kappa shape index (κ2) is 7.11. The Labute approximate surface area is 112 Å². The zero-order valence-electron chi connectivity index (χ0n) is 12.0. The number of aromatic nitrogens is 3. The van der Waals surface area contributed by atoms with Gasteiger partial charge in [-0.25, -0.2) is 28.1 Å². The standard InChI is InChI=1S/C13H23N3O3/c1-4-7-9-15-11(17)14(6-3)12(18)16(13(15)19)10-8-5-2/h4-10H2,1-3H3. The first-order valence-corrected chi connectivity index (χ1v) is 7.02. The summed E-state index contributed by atoms with van der Waals surface area (Å²) in [5.41, 5.74) is -1.45. The maximum Gasteiger partial charge on any atom is 0.336 e. The Morgan fingerprint density at radius 3 is 1.37 bits per heavy atom. The number of nitrogens with zero attached hydrogens (tertiary/aromatic N) is 3. The van der Waals surface area contributed by atoms with E-state index < -0.39 is 17.1 Å². The van der Waals surface area contributed by atoms with Crippen molar-refractivity contribution in [3.63, 3.8) is 0 Å². The Hall–Kier alpha value is -1.59. The Kier molecular flexibility index (Phi) is 5.79. The highest BCUT2D eigenvalue weighted by Gasteiger charge is 2.13. The molecule has 0 unspecified atom stereocenters. The van der Waals surface area contributed by atoms with Gasteiger partial charge < -0.3 is 0 Å². The van der Waals surface area contributed by atoms with E-state index in [-0.39, 0.29) is 6.54 Å². The lowest BCUT2D eigenvalue weighted by atomic mass is 10.3. The summed E-state index contributed by atoms with van der Waals surface area (Å²) >= 11 is 0. The predicted octanol–water partition coefficient (Wildman–Crippen LogP) is 0.792. The molecule has 0 aliphatic rings. The van der Waals surface area contributed by atoms with Crippen LogP contribution in [0.1, 0.15) is 46.5 Å². The first-order chi connectivity index (χ1) is 9.08. The van der Waals surface area contributed by atoms with Crippen LogP contribution in [-0.2, 0) is 19.6 Å². The van der Waals surface area contributed by atoms with Gasteiger partial charge in [0, 0.05) is 19.6 Å². The van der Waals surface area contributed by atoms with Crippen molar-refractivity contribution in [1.29, 1.82) is 0 Å². The molecule has 19 heavy (non-hydrogen) atoms. The van der Waals surface area contributed by atoms with E-state index in [1.54, 1.807) is 6.92 Å². The van der Waals surface area contributed by atoms with Crippen LogP contribution in [0.3, 0.4) is 0 Å². The third-order valence-corrected chi connectivity index (χ3v) is 3.17. The summed E-state index contributed by atoms with van der Waals surface area (Å²) in [5.74, 6) is 0. The van der Waals surface area contributed by atoms with E-state index in [4.69, 9.17) is 0 Å². The topological polar surface area (TPSA) is 66.0 Å². The highest BCUT2D eigenvalue weighted by molar-refractivity contribution is 4.78. The fourth-order valence-electron chi connectivity index (χ4n) is 1.97. The van der Waals surface area contributed by atoms with Gasteiger partial charge >= 0.3 is 17.1 Å². The van der Waals surface area contributed by atoms with Crippen molar-refractivity contribution >= 4 is 0 Å². The summed E-state index contributed by atoms with van der Waals surface area (Å²) in [7, 11) is 0. The highest BCUT2D eigenvalue weighted by atomic mass is 16.2. The average molecular weight is 269 g/mol. The van der Waals surface area contributed by atoms with E-state index in [0.29, 0.717) is 13.1 Å². The molecule has 0 fully saturated rings. The summed E-state index contributed by atoms with van der Waals surface area (Å²) in [6, 6.07) is 0. The van der Waals surface area contributed by atoms with E-state index >= 15 is 0 Å². The second-order valence-electron chi connectivity index (χ2n) is 4.60. The Bertz CT molecular complexity index is 534. The van der Waals surface area contributed by atoms with Crippen molar-refractivity contribution in [2.45, 2.75) is 66.1 Å². The summed E-state index contributed by atoms with van der Waals surface area (Å²) in [4.78, 5) is 36.4. The van der Waals surface area contributed by atoms with Gasteiger partial charge in [-0.1, -0.05) is 26.7 Å². The molecule has 0 saturated carbocycles. The minimum Gasteiger partial charge on any atom is -0.247 e. The minimum atomic E-state index is -0.487. The van der Waals surface area contributed by atoms with Gasteiger partial charge in [0.2, 0.25) is 0 Å². The first kappa shape index (κ1) is 15.5.